The molecule has 5 nitrogen and oxygen atoms in total. The number of amides is 2. The Bertz CT molecular complexity index is 954. The van der Waals surface area contributed by atoms with Crippen LogP contribution in [0.2, 0.25) is 0 Å². The summed E-state index contributed by atoms with van der Waals surface area (Å²) < 4.78 is 39.0. The van der Waals surface area contributed by atoms with Crippen LogP contribution in [-0.4, -0.2) is 28.9 Å². The monoisotopic (exact) mass is 389 g/mol. The maximum absolute atomic E-state index is 13.0. The molecular formula is C20H18F3N3O2. The summed E-state index contributed by atoms with van der Waals surface area (Å²) in [7, 11) is 0. The van der Waals surface area contributed by atoms with E-state index in [0.717, 1.165) is 25.0 Å². The van der Waals surface area contributed by atoms with E-state index in [9.17, 15) is 22.8 Å². The van der Waals surface area contributed by atoms with Gasteiger partial charge < -0.3 is 5.32 Å². The Balaban J connectivity index is 1.67. The fourth-order valence-corrected chi connectivity index (χ4v) is 3.31. The summed E-state index contributed by atoms with van der Waals surface area (Å²) >= 11 is 0. The largest absolute Gasteiger partial charge is 0.416 e. The minimum absolute atomic E-state index is 0.0687. The fourth-order valence-electron chi connectivity index (χ4n) is 3.31. The van der Waals surface area contributed by atoms with E-state index in [4.69, 9.17) is 0 Å². The Labute approximate surface area is 159 Å². The normalized spacial score (nSPS) is 17.4. The number of alkyl halides is 3. The number of fused-ring (bicyclic) bond motifs is 1. The number of hydrogen-bond donors (Lipinski definition) is 1. The highest BCUT2D eigenvalue weighted by Gasteiger charge is 2.37. The van der Waals surface area contributed by atoms with E-state index in [1.165, 1.54) is 17.2 Å². The van der Waals surface area contributed by atoms with Gasteiger partial charge in [0.15, 0.2) is 0 Å². The zero-order chi connectivity index (χ0) is 20.1. The van der Waals surface area contributed by atoms with Crippen molar-refractivity contribution in [1.82, 2.24) is 10.3 Å². The average Bonchev–Trinajstić information content (AvgIpc) is 3.40. The summed E-state index contributed by atoms with van der Waals surface area (Å²) in [4.78, 5) is 30.5. The van der Waals surface area contributed by atoms with Crippen LogP contribution in [0.5, 0.6) is 0 Å². The third-order valence-electron chi connectivity index (χ3n) is 5.01. The lowest BCUT2D eigenvalue weighted by Gasteiger charge is -2.24. The van der Waals surface area contributed by atoms with Crippen molar-refractivity contribution in [1.29, 1.82) is 0 Å². The van der Waals surface area contributed by atoms with Gasteiger partial charge in [-0.2, -0.15) is 13.2 Å². The molecule has 1 saturated carbocycles. The third kappa shape index (κ3) is 3.46. The first-order valence-corrected chi connectivity index (χ1v) is 9.03. The predicted molar refractivity (Wildman–Crippen MR) is 96.5 cm³/mol. The van der Waals surface area contributed by atoms with Gasteiger partial charge in [0.1, 0.15) is 6.04 Å². The van der Waals surface area contributed by atoms with Gasteiger partial charge in [-0.1, -0.05) is 12.1 Å². The third-order valence-corrected chi connectivity index (χ3v) is 5.01. The molecule has 28 heavy (non-hydrogen) atoms. The molecule has 4 rings (SSSR count). The summed E-state index contributed by atoms with van der Waals surface area (Å²) in [5.41, 5.74) is 1.04. The highest BCUT2D eigenvalue weighted by atomic mass is 19.4. The van der Waals surface area contributed by atoms with Crippen molar-refractivity contribution < 1.29 is 22.8 Å². The van der Waals surface area contributed by atoms with Crippen LogP contribution in [0.15, 0.2) is 36.5 Å². The summed E-state index contributed by atoms with van der Waals surface area (Å²) in [5.74, 6) is -0.490. The van der Waals surface area contributed by atoms with Crippen LogP contribution in [0.25, 0.3) is 11.1 Å². The van der Waals surface area contributed by atoms with E-state index in [2.05, 4.69) is 10.3 Å². The molecule has 146 valence electrons. The Morgan fingerprint density at radius 2 is 2.00 bits per heavy atom. The van der Waals surface area contributed by atoms with Gasteiger partial charge in [0, 0.05) is 17.8 Å². The van der Waals surface area contributed by atoms with Gasteiger partial charge in [-0.25, -0.2) is 0 Å². The average molecular weight is 389 g/mol. The van der Waals surface area contributed by atoms with Gasteiger partial charge in [0.05, 0.1) is 23.4 Å². The smallest absolute Gasteiger partial charge is 0.352 e. The Morgan fingerprint density at radius 1 is 1.25 bits per heavy atom. The van der Waals surface area contributed by atoms with Gasteiger partial charge in [-0.05, 0) is 43.5 Å². The molecule has 1 N–H and O–H groups in total. The number of nitrogens with one attached hydrogen (secondary N) is 1. The standard InChI is InChI=1S/C20H18F3N3O2/c1-11(19(28)25-15-5-6-15)26-17-8-13(10-24-16(17)9-18(26)27)12-3-2-4-14(7-12)20(21,22)23/h2-4,7-8,10-11,15H,5-6,9H2,1H3,(H,25,28). The van der Waals surface area contributed by atoms with Crippen molar-refractivity contribution in [2.75, 3.05) is 4.90 Å². The van der Waals surface area contributed by atoms with Crippen LogP contribution in [0, 0.1) is 0 Å². The highest BCUT2D eigenvalue weighted by Crippen LogP contribution is 2.36. The number of rotatable bonds is 4. The number of hydrogen-bond acceptors (Lipinski definition) is 3. The van der Waals surface area contributed by atoms with Crippen LogP contribution in [0.1, 0.15) is 31.0 Å². The number of carbonyl (C=O) groups is 2. The summed E-state index contributed by atoms with van der Waals surface area (Å²) in [6.45, 7) is 1.64. The van der Waals surface area contributed by atoms with Gasteiger partial charge >= 0.3 is 6.18 Å². The van der Waals surface area contributed by atoms with Gasteiger partial charge in [0.25, 0.3) is 0 Å². The molecule has 8 heteroatoms. The van der Waals surface area contributed by atoms with Gasteiger partial charge in [-0.15, -0.1) is 0 Å². The number of halogens is 3. The Kier molecular flexibility index (Phi) is 4.36. The van der Waals surface area contributed by atoms with E-state index in [1.807, 2.05) is 0 Å². The first kappa shape index (κ1) is 18.5. The molecule has 2 aromatic rings. The van der Waals surface area contributed by atoms with Crippen molar-refractivity contribution in [2.24, 2.45) is 0 Å². The molecule has 0 saturated heterocycles. The van der Waals surface area contributed by atoms with E-state index >= 15 is 0 Å². The van der Waals surface area contributed by atoms with Gasteiger partial charge in [0.2, 0.25) is 11.8 Å². The molecular weight excluding hydrogens is 371 g/mol. The highest BCUT2D eigenvalue weighted by molar-refractivity contribution is 6.06. The maximum atomic E-state index is 13.0. The zero-order valence-electron chi connectivity index (χ0n) is 15.1. The second kappa shape index (κ2) is 6.61. The SMILES string of the molecule is CC(C(=O)NC1CC1)N1C(=O)Cc2ncc(-c3cccc(C(F)(F)F)c3)cc21. The molecule has 1 fully saturated rings. The van der Waals surface area contributed by atoms with Crippen LogP contribution in [0.3, 0.4) is 0 Å². The number of aromatic nitrogens is 1. The molecule has 1 atom stereocenters. The number of carbonyl (C=O) groups excluding carboxylic acids is 2. The molecule has 1 aliphatic heterocycles. The lowest BCUT2D eigenvalue weighted by atomic mass is 10.0. The van der Waals surface area contributed by atoms with Crippen LogP contribution < -0.4 is 10.2 Å². The molecule has 1 aliphatic carbocycles. The Morgan fingerprint density at radius 3 is 2.68 bits per heavy atom. The lowest BCUT2D eigenvalue weighted by Crippen LogP contribution is -2.47. The second-order valence-electron chi connectivity index (χ2n) is 7.17. The minimum Gasteiger partial charge on any atom is -0.352 e. The molecule has 0 spiro atoms. The predicted octanol–water partition coefficient (Wildman–Crippen LogP) is 3.32. The number of nitrogens with zero attached hydrogens (tertiary/aromatic N) is 2. The molecule has 2 amide bonds. The van der Waals surface area contributed by atoms with Crippen LogP contribution in [0.4, 0.5) is 18.9 Å². The van der Waals surface area contributed by atoms with Crippen molar-refractivity contribution >= 4 is 17.5 Å². The first-order chi connectivity index (χ1) is 13.2. The Hall–Kier alpha value is -2.90. The molecule has 0 bridgehead atoms. The van der Waals surface area contributed by atoms with Gasteiger partial charge in [-0.3, -0.25) is 19.5 Å². The van der Waals surface area contributed by atoms with Crippen LogP contribution >= 0.6 is 0 Å². The molecule has 1 unspecified atom stereocenters. The first-order valence-electron chi connectivity index (χ1n) is 9.03. The fraction of sp³-hybridized carbons (Fsp3) is 0.350. The summed E-state index contributed by atoms with van der Waals surface area (Å²) in [5, 5.41) is 2.87. The van der Waals surface area contributed by atoms with Crippen molar-refractivity contribution in [2.45, 2.75) is 44.4 Å². The topological polar surface area (TPSA) is 62.3 Å². The number of benzene rings is 1. The second-order valence-corrected chi connectivity index (χ2v) is 7.17. The van der Waals surface area contributed by atoms with E-state index in [1.54, 1.807) is 19.1 Å². The summed E-state index contributed by atoms with van der Waals surface area (Å²) in [6.07, 6.45) is -1.05. The van der Waals surface area contributed by atoms with E-state index < -0.39 is 17.8 Å². The molecule has 0 radical (unpaired) electrons. The summed E-state index contributed by atoms with van der Waals surface area (Å²) in [6, 6.07) is 6.03. The van der Waals surface area contributed by atoms with E-state index in [-0.39, 0.29) is 24.3 Å². The number of pyridine rings is 1. The van der Waals surface area contributed by atoms with Crippen molar-refractivity contribution in [3.63, 3.8) is 0 Å². The quantitative estimate of drug-likeness (QED) is 0.873. The van der Waals surface area contributed by atoms with Crippen molar-refractivity contribution in [3.8, 4) is 11.1 Å². The molecule has 1 aromatic carbocycles. The number of anilines is 1. The lowest BCUT2D eigenvalue weighted by molar-refractivity contribution is -0.137. The minimum atomic E-state index is -4.45. The van der Waals surface area contributed by atoms with E-state index in [0.29, 0.717) is 22.5 Å². The zero-order valence-corrected chi connectivity index (χ0v) is 15.1. The molecule has 1 aromatic heterocycles. The maximum Gasteiger partial charge on any atom is 0.416 e. The van der Waals surface area contributed by atoms with Crippen LogP contribution in [-0.2, 0) is 22.2 Å². The molecule has 2 aliphatic rings. The van der Waals surface area contributed by atoms with Crippen molar-refractivity contribution in [3.05, 3.63) is 47.8 Å². The molecule has 2 heterocycles.